The molecule has 0 bridgehead atoms. The minimum absolute atomic E-state index is 0.0162. The molecule has 0 saturated carbocycles. The highest BCUT2D eigenvalue weighted by Crippen LogP contribution is 2.31. The van der Waals surface area contributed by atoms with Crippen molar-refractivity contribution in [2.45, 2.75) is 11.1 Å². The normalized spacial score (nSPS) is 12.6. The molecule has 142 valence electrons. The molecule has 6 nitrogen and oxygen atoms in total. The molecule has 3 rings (SSSR count). The summed E-state index contributed by atoms with van der Waals surface area (Å²) in [5, 5.41) is 4.72. The Morgan fingerprint density at radius 3 is 2.59 bits per heavy atom. The zero-order chi connectivity index (χ0) is 19.6. The van der Waals surface area contributed by atoms with Crippen LogP contribution in [0.1, 0.15) is 11.7 Å². The van der Waals surface area contributed by atoms with Crippen LogP contribution in [0.25, 0.3) is 0 Å². The Labute approximate surface area is 169 Å². The lowest BCUT2D eigenvalue weighted by atomic mass is 10.1. The fraction of sp³-hybridized carbons (Fsp3) is 0.0625. The van der Waals surface area contributed by atoms with Gasteiger partial charge in [-0.25, -0.2) is 17.8 Å². The summed E-state index contributed by atoms with van der Waals surface area (Å²) in [4.78, 5) is 3.21. The molecule has 3 aromatic rings. The third-order valence-corrected chi connectivity index (χ3v) is 6.15. The van der Waals surface area contributed by atoms with Crippen molar-refractivity contribution in [3.63, 3.8) is 0 Å². The monoisotopic (exact) mass is 446 g/mol. The lowest BCUT2D eigenvalue weighted by Crippen LogP contribution is -2.21. The van der Waals surface area contributed by atoms with E-state index >= 15 is 0 Å². The van der Waals surface area contributed by atoms with Gasteiger partial charge in [0.25, 0.3) is 10.0 Å². The molecule has 0 aliphatic heterocycles. The standard InChI is InChI=1S/C16H13Cl2FN4O2S2/c17-10-4-2-1-3-9(10)16(20)22-13-6-12(19)14(5-11(13)18)27(24,25)23-15-7-26-8-21-15/h1-8,16,22-23H,20H2/t16-/m1/s1. The van der Waals surface area contributed by atoms with Crippen molar-refractivity contribution in [1.29, 1.82) is 0 Å². The van der Waals surface area contributed by atoms with Crippen LogP contribution in [0.2, 0.25) is 10.0 Å². The number of anilines is 2. The van der Waals surface area contributed by atoms with Crippen LogP contribution in [0.15, 0.2) is 52.2 Å². The first-order valence-electron chi connectivity index (χ1n) is 7.44. The highest BCUT2D eigenvalue weighted by Gasteiger charge is 2.23. The van der Waals surface area contributed by atoms with E-state index < -0.39 is 26.9 Å². The molecule has 0 fully saturated rings. The summed E-state index contributed by atoms with van der Waals surface area (Å²) >= 11 is 13.4. The van der Waals surface area contributed by atoms with Gasteiger partial charge in [0.15, 0.2) is 5.82 Å². The van der Waals surface area contributed by atoms with Crippen LogP contribution in [0.5, 0.6) is 0 Å². The Hall–Kier alpha value is -1.91. The predicted octanol–water partition coefficient (Wildman–Crippen LogP) is 4.46. The second-order valence-electron chi connectivity index (χ2n) is 5.39. The number of halogens is 3. The van der Waals surface area contributed by atoms with Crippen LogP contribution in [0, 0.1) is 5.82 Å². The minimum Gasteiger partial charge on any atom is -0.365 e. The van der Waals surface area contributed by atoms with E-state index in [-0.39, 0.29) is 16.5 Å². The molecule has 4 N–H and O–H groups in total. The molecule has 0 radical (unpaired) electrons. The zero-order valence-electron chi connectivity index (χ0n) is 13.5. The Kier molecular flexibility index (Phi) is 5.87. The quantitative estimate of drug-likeness (QED) is 0.485. The molecule has 1 aromatic heterocycles. The molecule has 0 aliphatic rings. The van der Waals surface area contributed by atoms with Crippen LogP contribution in [-0.4, -0.2) is 13.4 Å². The molecule has 1 heterocycles. The third-order valence-electron chi connectivity index (χ3n) is 3.53. The Bertz CT molecular complexity index is 1060. The molecule has 27 heavy (non-hydrogen) atoms. The maximum atomic E-state index is 14.5. The minimum atomic E-state index is -4.19. The zero-order valence-corrected chi connectivity index (χ0v) is 16.6. The topological polar surface area (TPSA) is 97.1 Å². The number of hydrogen-bond acceptors (Lipinski definition) is 6. The number of nitrogens with one attached hydrogen (secondary N) is 2. The van der Waals surface area contributed by atoms with Crippen molar-refractivity contribution >= 4 is 56.1 Å². The largest absolute Gasteiger partial charge is 0.365 e. The van der Waals surface area contributed by atoms with Gasteiger partial charge in [-0.3, -0.25) is 4.72 Å². The van der Waals surface area contributed by atoms with Crippen LogP contribution in [0.4, 0.5) is 15.9 Å². The summed E-state index contributed by atoms with van der Waals surface area (Å²) in [7, 11) is -4.19. The summed E-state index contributed by atoms with van der Waals surface area (Å²) in [6, 6.07) is 8.86. The van der Waals surface area contributed by atoms with E-state index in [1.165, 1.54) is 22.2 Å². The van der Waals surface area contributed by atoms with Crippen LogP contribution in [0.3, 0.4) is 0 Å². The highest BCUT2D eigenvalue weighted by molar-refractivity contribution is 7.92. The molecular weight excluding hydrogens is 434 g/mol. The van der Waals surface area contributed by atoms with Gasteiger partial charge in [0.05, 0.1) is 16.2 Å². The summed E-state index contributed by atoms with van der Waals surface area (Å²) in [5.74, 6) is -0.894. The second kappa shape index (κ2) is 7.99. The molecule has 11 heteroatoms. The first-order chi connectivity index (χ1) is 12.8. The Morgan fingerprint density at radius 2 is 1.93 bits per heavy atom. The van der Waals surface area contributed by atoms with Crippen molar-refractivity contribution < 1.29 is 12.8 Å². The van der Waals surface area contributed by atoms with Gasteiger partial charge in [-0.2, -0.15) is 0 Å². The van der Waals surface area contributed by atoms with Crippen LogP contribution < -0.4 is 15.8 Å². The fourth-order valence-electron chi connectivity index (χ4n) is 2.27. The maximum Gasteiger partial charge on any atom is 0.266 e. The molecule has 2 aromatic carbocycles. The van der Waals surface area contributed by atoms with Crippen molar-refractivity contribution in [3.05, 3.63) is 68.7 Å². The fourth-order valence-corrected chi connectivity index (χ4v) is 4.45. The van der Waals surface area contributed by atoms with Gasteiger partial charge in [-0.05, 0) is 18.2 Å². The van der Waals surface area contributed by atoms with Crippen molar-refractivity contribution in [1.82, 2.24) is 4.98 Å². The molecule has 0 spiro atoms. The first kappa shape index (κ1) is 19.8. The molecule has 0 aliphatic carbocycles. The Morgan fingerprint density at radius 1 is 1.19 bits per heavy atom. The van der Waals surface area contributed by atoms with E-state index in [9.17, 15) is 12.8 Å². The average Bonchev–Trinajstić information content (AvgIpc) is 3.10. The predicted molar refractivity (Wildman–Crippen MR) is 106 cm³/mol. The summed E-state index contributed by atoms with van der Waals surface area (Å²) in [6.45, 7) is 0. The van der Waals surface area contributed by atoms with E-state index in [1.54, 1.807) is 24.3 Å². The molecule has 1 atom stereocenters. The molecule has 0 amide bonds. The van der Waals surface area contributed by atoms with Crippen LogP contribution >= 0.6 is 34.5 Å². The SMILES string of the molecule is N[C@H](Nc1cc(F)c(S(=O)(=O)Nc2cscn2)cc1Cl)c1ccccc1Cl. The maximum absolute atomic E-state index is 14.5. The lowest BCUT2D eigenvalue weighted by Gasteiger charge is -2.18. The van der Waals surface area contributed by atoms with Crippen molar-refractivity contribution in [3.8, 4) is 0 Å². The number of sulfonamides is 1. The number of nitrogens with two attached hydrogens (primary N) is 1. The molecule has 0 unspecified atom stereocenters. The van der Waals surface area contributed by atoms with Crippen LogP contribution in [-0.2, 0) is 10.0 Å². The number of nitrogens with zero attached hydrogens (tertiary/aromatic N) is 1. The van der Waals surface area contributed by atoms with Gasteiger partial charge in [0, 0.05) is 16.0 Å². The number of thiazole rings is 1. The van der Waals surface area contributed by atoms with Crippen molar-refractivity contribution in [2.75, 3.05) is 10.0 Å². The van der Waals surface area contributed by atoms with E-state index in [4.69, 9.17) is 28.9 Å². The highest BCUT2D eigenvalue weighted by atomic mass is 35.5. The van der Waals surface area contributed by atoms with Gasteiger partial charge in [0.1, 0.15) is 16.9 Å². The third kappa shape index (κ3) is 4.50. The van der Waals surface area contributed by atoms with Gasteiger partial charge in [-0.1, -0.05) is 41.4 Å². The van der Waals surface area contributed by atoms with E-state index in [2.05, 4.69) is 15.0 Å². The number of rotatable bonds is 6. The first-order valence-corrected chi connectivity index (χ1v) is 10.6. The number of hydrogen-bond donors (Lipinski definition) is 3. The van der Waals surface area contributed by atoms with Gasteiger partial charge < -0.3 is 11.1 Å². The lowest BCUT2D eigenvalue weighted by molar-refractivity contribution is 0.570. The van der Waals surface area contributed by atoms with Gasteiger partial charge >= 0.3 is 0 Å². The van der Waals surface area contributed by atoms with E-state index in [0.717, 1.165) is 12.1 Å². The van der Waals surface area contributed by atoms with E-state index in [1.807, 2.05) is 0 Å². The van der Waals surface area contributed by atoms with Crippen molar-refractivity contribution in [2.24, 2.45) is 5.73 Å². The van der Waals surface area contributed by atoms with Gasteiger partial charge in [-0.15, -0.1) is 11.3 Å². The summed E-state index contributed by atoms with van der Waals surface area (Å²) in [6.07, 6.45) is -0.772. The summed E-state index contributed by atoms with van der Waals surface area (Å²) in [5.41, 5.74) is 8.21. The summed E-state index contributed by atoms with van der Waals surface area (Å²) < 4.78 is 41.4. The van der Waals surface area contributed by atoms with E-state index in [0.29, 0.717) is 10.6 Å². The molecular formula is C16H13Cl2FN4O2S2. The second-order valence-corrected chi connectivity index (χ2v) is 8.57. The average molecular weight is 447 g/mol. The Balaban J connectivity index is 1.88. The molecule has 0 saturated heterocycles. The number of aromatic nitrogens is 1. The smallest absolute Gasteiger partial charge is 0.266 e. The number of benzene rings is 2. The van der Waals surface area contributed by atoms with Gasteiger partial charge in [0.2, 0.25) is 0 Å².